The van der Waals surface area contributed by atoms with E-state index in [1.54, 1.807) is 12.1 Å². The monoisotopic (exact) mass is 341 g/mol. The molecule has 1 unspecified atom stereocenters. The van der Waals surface area contributed by atoms with Crippen molar-refractivity contribution >= 4 is 5.91 Å². The molecule has 2 aliphatic heterocycles. The number of aromatic nitrogens is 2. The maximum atomic E-state index is 13.2. The molecule has 2 aliphatic rings. The molecule has 2 aromatic rings. The van der Waals surface area contributed by atoms with Crippen molar-refractivity contribution in [2.45, 2.75) is 39.2 Å². The average molecular weight is 341 g/mol. The number of aryl methyl sites for hydroxylation is 1. The van der Waals surface area contributed by atoms with E-state index in [1.807, 2.05) is 11.1 Å². The summed E-state index contributed by atoms with van der Waals surface area (Å²) in [6.45, 7) is 4.71. The van der Waals surface area contributed by atoms with E-state index in [1.165, 1.54) is 12.1 Å². The highest BCUT2D eigenvalue weighted by Crippen LogP contribution is 2.29. The number of fused-ring (bicyclic) bond motifs is 1. The van der Waals surface area contributed by atoms with E-state index in [0.717, 1.165) is 61.8 Å². The molecule has 1 saturated heterocycles. The van der Waals surface area contributed by atoms with Gasteiger partial charge in [0, 0.05) is 26.1 Å². The number of nitrogens with zero attached hydrogens (tertiary/aromatic N) is 3. The molecule has 0 N–H and O–H groups in total. The summed E-state index contributed by atoms with van der Waals surface area (Å²) < 4.78 is 15.3. The molecule has 5 heteroatoms. The number of rotatable bonds is 2. The second-order valence-corrected chi connectivity index (χ2v) is 7.42. The van der Waals surface area contributed by atoms with Gasteiger partial charge >= 0.3 is 0 Å². The largest absolute Gasteiger partial charge is 0.342 e. The van der Waals surface area contributed by atoms with Gasteiger partial charge in [0.25, 0.3) is 0 Å². The van der Waals surface area contributed by atoms with Gasteiger partial charge in [-0.05, 0) is 55.0 Å². The van der Waals surface area contributed by atoms with Crippen molar-refractivity contribution in [3.63, 3.8) is 0 Å². The number of halogens is 1. The second-order valence-electron chi connectivity index (χ2n) is 7.42. The van der Waals surface area contributed by atoms with Crippen LogP contribution in [0.4, 0.5) is 4.39 Å². The first-order chi connectivity index (χ1) is 12.1. The molecule has 0 bridgehead atoms. The van der Waals surface area contributed by atoms with Gasteiger partial charge in [-0.1, -0.05) is 6.92 Å². The number of likely N-dealkylation sites (tertiary alicyclic amines) is 1. The second kappa shape index (κ2) is 6.62. The lowest BCUT2D eigenvalue weighted by Crippen LogP contribution is -2.43. The summed E-state index contributed by atoms with van der Waals surface area (Å²) in [7, 11) is 0. The van der Waals surface area contributed by atoms with Crippen LogP contribution in [0.1, 0.15) is 32.0 Å². The van der Waals surface area contributed by atoms with Crippen LogP contribution in [0.3, 0.4) is 0 Å². The van der Waals surface area contributed by atoms with Gasteiger partial charge in [0.05, 0.1) is 17.8 Å². The predicted octanol–water partition coefficient (Wildman–Crippen LogP) is 3.51. The van der Waals surface area contributed by atoms with Crippen LogP contribution in [-0.2, 0) is 17.8 Å². The van der Waals surface area contributed by atoms with Crippen LogP contribution >= 0.6 is 0 Å². The Kier molecular flexibility index (Phi) is 4.32. The quantitative estimate of drug-likeness (QED) is 0.838. The molecule has 1 fully saturated rings. The number of piperidine rings is 1. The molecule has 1 aromatic carbocycles. The summed E-state index contributed by atoms with van der Waals surface area (Å²) in [4.78, 5) is 19.5. The molecular weight excluding hydrogens is 317 g/mol. The lowest BCUT2D eigenvalue weighted by molar-refractivity contribution is -0.137. The zero-order chi connectivity index (χ0) is 17.4. The van der Waals surface area contributed by atoms with Gasteiger partial charge in [-0.15, -0.1) is 0 Å². The molecule has 132 valence electrons. The van der Waals surface area contributed by atoms with E-state index in [2.05, 4.69) is 16.5 Å². The van der Waals surface area contributed by atoms with Crippen LogP contribution < -0.4 is 0 Å². The molecule has 1 amide bonds. The van der Waals surface area contributed by atoms with E-state index < -0.39 is 0 Å². The van der Waals surface area contributed by atoms with Crippen LogP contribution in [0.25, 0.3) is 11.3 Å². The number of hydrogen-bond acceptors (Lipinski definition) is 2. The summed E-state index contributed by atoms with van der Waals surface area (Å²) in [6.07, 6.45) is 5.75. The van der Waals surface area contributed by atoms with Crippen molar-refractivity contribution < 1.29 is 9.18 Å². The fourth-order valence-corrected chi connectivity index (χ4v) is 3.97. The predicted molar refractivity (Wildman–Crippen MR) is 94.4 cm³/mol. The maximum Gasteiger partial charge on any atom is 0.227 e. The molecule has 4 rings (SSSR count). The molecule has 0 spiro atoms. The Morgan fingerprint density at radius 3 is 2.60 bits per heavy atom. The maximum absolute atomic E-state index is 13.2. The van der Waals surface area contributed by atoms with E-state index in [9.17, 15) is 9.18 Å². The van der Waals surface area contributed by atoms with E-state index in [-0.39, 0.29) is 17.6 Å². The molecule has 0 radical (unpaired) electrons. The highest BCUT2D eigenvalue weighted by Gasteiger charge is 2.31. The third kappa shape index (κ3) is 3.20. The Bertz CT molecular complexity index is 760. The summed E-state index contributed by atoms with van der Waals surface area (Å²) in [6, 6.07) is 6.49. The number of imidazole rings is 1. The van der Waals surface area contributed by atoms with Gasteiger partial charge in [0.2, 0.25) is 5.91 Å². The summed E-state index contributed by atoms with van der Waals surface area (Å²) in [5.41, 5.74) is 1.92. The lowest BCUT2D eigenvalue weighted by atomic mass is 9.94. The smallest absolute Gasteiger partial charge is 0.227 e. The standard InChI is InChI=1S/C20H24FN3O/c1-14-8-10-23(11-9-14)20(25)16-4-7-19-22-12-18(24(19)13-16)15-2-5-17(21)6-3-15/h2-3,5-6,12,14,16H,4,7-11,13H2,1H3. The first kappa shape index (κ1) is 16.3. The first-order valence-electron chi connectivity index (χ1n) is 9.21. The third-order valence-electron chi connectivity index (χ3n) is 5.64. The summed E-state index contributed by atoms with van der Waals surface area (Å²) in [5, 5.41) is 0. The zero-order valence-corrected chi connectivity index (χ0v) is 14.6. The first-order valence-corrected chi connectivity index (χ1v) is 9.21. The fourth-order valence-electron chi connectivity index (χ4n) is 3.97. The Balaban J connectivity index is 1.53. The third-order valence-corrected chi connectivity index (χ3v) is 5.64. The van der Waals surface area contributed by atoms with Crippen LogP contribution in [0.2, 0.25) is 0 Å². The van der Waals surface area contributed by atoms with Crippen LogP contribution in [0.5, 0.6) is 0 Å². The van der Waals surface area contributed by atoms with E-state index >= 15 is 0 Å². The Hall–Kier alpha value is -2.17. The fraction of sp³-hybridized carbons (Fsp3) is 0.500. The molecule has 0 saturated carbocycles. The van der Waals surface area contributed by atoms with Crippen molar-refractivity contribution in [3.8, 4) is 11.3 Å². The minimum absolute atomic E-state index is 0.0225. The van der Waals surface area contributed by atoms with Gasteiger partial charge < -0.3 is 9.47 Å². The van der Waals surface area contributed by atoms with Gasteiger partial charge in [-0.2, -0.15) is 0 Å². The van der Waals surface area contributed by atoms with Gasteiger partial charge in [0.1, 0.15) is 11.6 Å². The van der Waals surface area contributed by atoms with Crippen LogP contribution in [-0.4, -0.2) is 33.4 Å². The molecular formula is C20H24FN3O. The van der Waals surface area contributed by atoms with Gasteiger partial charge in [-0.25, -0.2) is 9.37 Å². The Labute approximate surface area is 147 Å². The van der Waals surface area contributed by atoms with E-state index in [4.69, 9.17) is 0 Å². The number of benzene rings is 1. The average Bonchev–Trinajstić information content (AvgIpc) is 3.05. The van der Waals surface area contributed by atoms with Crippen molar-refractivity contribution in [1.82, 2.24) is 14.5 Å². The van der Waals surface area contributed by atoms with Crippen LogP contribution in [0.15, 0.2) is 30.5 Å². The number of amides is 1. The summed E-state index contributed by atoms with van der Waals surface area (Å²) >= 11 is 0. The number of carbonyl (C=O) groups excluding carboxylic acids is 1. The molecule has 3 heterocycles. The molecule has 1 aromatic heterocycles. The minimum atomic E-state index is -0.241. The zero-order valence-electron chi connectivity index (χ0n) is 14.6. The molecule has 25 heavy (non-hydrogen) atoms. The van der Waals surface area contributed by atoms with Crippen molar-refractivity contribution in [3.05, 3.63) is 42.1 Å². The highest BCUT2D eigenvalue weighted by atomic mass is 19.1. The van der Waals surface area contributed by atoms with Crippen molar-refractivity contribution in [1.29, 1.82) is 0 Å². The van der Waals surface area contributed by atoms with Crippen molar-refractivity contribution in [2.75, 3.05) is 13.1 Å². The highest BCUT2D eigenvalue weighted by molar-refractivity contribution is 5.79. The van der Waals surface area contributed by atoms with Gasteiger partial charge in [0.15, 0.2) is 0 Å². The Morgan fingerprint density at radius 1 is 1.16 bits per heavy atom. The SMILES string of the molecule is CC1CCN(C(=O)C2CCc3ncc(-c4ccc(F)cc4)n3C2)CC1. The molecule has 4 nitrogen and oxygen atoms in total. The molecule has 0 aliphatic carbocycles. The number of hydrogen-bond donors (Lipinski definition) is 0. The van der Waals surface area contributed by atoms with Crippen molar-refractivity contribution in [2.24, 2.45) is 11.8 Å². The lowest BCUT2D eigenvalue weighted by Gasteiger charge is -2.34. The van der Waals surface area contributed by atoms with E-state index in [0.29, 0.717) is 6.54 Å². The Morgan fingerprint density at radius 2 is 1.88 bits per heavy atom. The minimum Gasteiger partial charge on any atom is -0.342 e. The molecule has 1 atom stereocenters. The summed E-state index contributed by atoms with van der Waals surface area (Å²) in [5.74, 6) is 1.82. The normalized spacial score (nSPS) is 21.2. The topological polar surface area (TPSA) is 38.1 Å². The van der Waals surface area contributed by atoms with Crippen LogP contribution in [0, 0.1) is 17.7 Å². The van der Waals surface area contributed by atoms with Gasteiger partial charge in [-0.3, -0.25) is 4.79 Å². The number of carbonyl (C=O) groups is 1.